The Morgan fingerprint density at radius 3 is 3.09 bits per heavy atom. The summed E-state index contributed by atoms with van der Waals surface area (Å²) in [6, 6.07) is 5.50. The highest BCUT2D eigenvalue weighted by atomic mass is 32.1. The van der Waals surface area contributed by atoms with Crippen LogP contribution in [0.4, 0.5) is 5.95 Å². The van der Waals surface area contributed by atoms with Gasteiger partial charge >= 0.3 is 5.97 Å². The minimum atomic E-state index is -0.847. The number of carboxylic acid groups (broad SMARTS) is 1. The SMILES string of the molecule is O=C(O)CC(c1c[nH]c2cc(OCCCNc3ncc(O)[nH]3)ccc12)N1C=c2cnsc2=CC1. The van der Waals surface area contributed by atoms with Gasteiger partial charge in [0.15, 0.2) is 0 Å². The second-order valence-corrected chi connectivity index (χ2v) is 8.82. The number of aromatic hydroxyl groups is 1. The molecule has 0 fully saturated rings. The number of ether oxygens (including phenoxy) is 1. The van der Waals surface area contributed by atoms with Crippen molar-refractivity contribution in [1.82, 2.24) is 24.2 Å². The molecule has 1 unspecified atom stereocenters. The standard InChI is InChI=1S/C23H24N6O4S/c30-21-12-26-23(28-21)24-5-1-7-33-15-2-3-16-17(11-25-18(16)8-15)19(9-22(31)32)29-6-4-20-14(13-29)10-27-34-20/h2-4,8,10-13,19,25,30H,1,5-7,9H2,(H,31,32)(H2,24,26,28). The molecular weight excluding hydrogens is 456 g/mol. The summed E-state index contributed by atoms with van der Waals surface area (Å²) in [7, 11) is 0. The number of carboxylic acids is 1. The number of carbonyl (C=O) groups is 1. The first-order valence-electron chi connectivity index (χ1n) is 10.9. The Morgan fingerprint density at radius 2 is 2.26 bits per heavy atom. The molecule has 11 heteroatoms. The Bertz CT molecular complexity index is 1420. The van der Waals surface area contributed by atoms with Crippen LogP contribution in [-0.4, -0.2) is 60.1 Å². The van der Waals surface area contributed by atoms with Crippen LogP contribution in [0.2, 0.25) is 0 Å². The number of imidazole rings is 1. The van der Waals surface area contributed by atoms with Crippen LogP contribution in [0.5, 0.6) is 11.6 Å². The molecule has 1 atom stereocenters. The lowest BCUT2D eigenvalue weighted by Gasteiger charge is -2.29. The van der Waals surface area contributed by atoms with Gasteiger partial charge < -0.3 is 30.2 Å². The summed E-state index contributed by atoms with van der Waals surface area (Å²) in [5.41, 5.74) is 1.83. The summed E-state index contributed by atoms with van der Waals surface area (Å²) in [6.45, 7) is 1.78. The number of aromatic amines is 2. The molecule has 4 aromatic rings. The third kappa shape index (κ3) is 4.69. The predicted octanol–water partition coefficient (Wildman–Crippen LogP) is 1.98. The number of aliphatic carboxylic acids is 1. The van der Waals surface area contributed by atoms with E-state index in [9.17, 15) is 15.0 Å². The van der Waals surface area contributed by atoms with Crippen LogP contribution < -0.4 is 19.8 Å². The molecule has 1 aliphatic rings. The number of hydrogen-bond acceptors (Lipinski definition) is 8. The first-order valence-corrected chi connectivity index (χ1v) is 11.7. The van der Waals surface area contributed by atoms with Crippen LogP contribution in [0.25, 0.3) is 23.2 Å². The zero-order chi connectivity index (χ0) is 23.5. The molecule has 0 aliphatic carbocycles. The Hall–Kier alpha value is -3.99. The van der Waals surface area contributed by atoms with Crippen LogP contribution in [0.3, 0.4) is 0 Å². The van der Waals surface area contributed by atoms with Crippen molar-refractivity contribution in [1.29, 1.82) is 0 Å². The van der Waals surface area contributed by atoms with E-state index >= 15 is 0 Å². The Kier molecular flexibility index (Phi) is 6.09. The molecule has 0 saturated heterocycles. The van der Waals surface area contributed by atoms with E-state index in [1.165, 1.54) is 17.7 Å². The van der Waals surface area contributed by atoms with Crippen molar-refractivity contribution >= 4 is 46.6 Å². The number of benzene rings is 1. The normalized spacial score (nSPS) is 13.7. The van der Waals surface area contributed by atoms with Crippen molar-refractivity contribution in [3.63, 3.8) is 0 Å². The van der Waals surface area contributed by atoms with E-state index in [2.05, 4.69) is 35.6 Å². The van der Waals surface area contributed by atoms with Gasteiger partial charge in [-0.3, -0.25) is 9.78 Å². The Balaban J connectivity index is 1.27. The molecule has 3 aromatic heterocycles. The molecular formula is C23H24N6O4S. The second-order valence-electron chi connectivity index (χ2n) is 7.99. The van der Waals surface area contributed by atoms with E-state index in [4.69, 9.17) is 4.74 Å². The molecule has 5 N–H and O–H groups in total. The minimum Gasteiger partial charge on any atom is -0.493 e. The first kappa shape index (κ1) is 21.8. The minimum absolute atomic E-state index is 0.0110. The number of nitrogens with one attached hydrogen (secondary N) is 3. The fourth-order valence-corrected chi connectivity index (χ4v) is 4.72. The average Bonchev–Trinajstić information content (AvgIpc) is 3.56. The number of aromatic nitrogens is 4. The number of H-pyrrole nitrogens is 2. The van der Waals surface area contributed by atoms with Gasteiger partial charge in [-0.2, -0.15) is 4.37 Å². The summed E-state index contributed by atoms with van der Waals surface area (Å²) in [5.74, 6) is 0.426. The molecule has 34 heavy (non-hydrogen) atoms. The van der Waals surface area contributed by atoms with E-state index in [1.54, 1.807) is 0 Å². The fraction of sp³-hybridized carbons (Fsp3) is 0.261. The number of hydrogen-bond donors (Lipinski definition) is 5. The largest absolute Gasteiger partial charge is 0.493 e. The number of fused-ring (bicyclic) bond motifs is 2. The predicted molar refractivity (Wildman–Crippen MR) is 129 cm³/mol. The van der Waals surface area contributed by atoms with Gasteiger partial charge in [0.25, 0.3) is 0 Å². The third-order valence-electron chi connectivity index (χ3n) is 5.68. The highest BCUT2D eigenvalue weighted by Gasteiger charge is 2.25. The van der Waals surface area contributed by atoms with E-state index < -0.39 is 5.97 Å². The van der Waals surface area contributed by atoms with Gasteiger partial charge in [-0.1, -0.05) is 0 Å². The van der Waals surface area contributed by atoms with Crippen molar-refractivity contribution in [2.45, 2.75) is 18.9 Å². The maximum absolute atomic E-state index is 11.7. The zero-order valence-corrected chi connectivity index (χ0v) is 19.0. The van der Waals surface area contributed by atoms with Gasteiger partial charge in [0.05, 0.1) is 29.8 Å². The molecule has 0 spiro atoms. The molecule has 0 saturated carbocycles. The lowest BCUT2D eigenvalue weighted by molar-refractivity contribution is -0.138. The molecule has 176 valence electrons. The van der Waals surface area contributed by atoms with Gasteiger partial charge in [-0.05, 0) is 36.2 Å². The molecule has 0 bridgehead atoms. The molecule has 4 heterocycles. The number of nitrogens with zero attached hydrogens (tertiary/aromatic N) is 3. The van der Waals surface area contributed by atoms with Crippen molar-refractivity contribution in [3.8, 4) is 11.6 Å². The molecule has 0 amide bonds. The molecule has 0 radical (unpaired) electrons. The second kappa shape index (κ2) is 9.48. The van der Waals surface area contributed by atoms with Gasteiger partial charge in [0.2, 0.25) is 11.8 Å². The van der Waals surface area contributed by atoms with Crippen molar-refractivity contribution < 1.29 is 19.7 Å². The lowest BCUT2D eigenvalue weighted by atomic mass is 10.0. The highest BCUT2D eigenvalue weighted by Crippen LogP contribution is 2.33. The van der Waals surface area contributed by atoms with Crippen molar-refractivity contribution in [3.05, 3.63) is 52.1 Å². The maximum Gasteiger partial charge on any atom is 0.305 e. The van der Waals surface area contributed by atoms with E-state index in [1.807, 2.05) is 36.8 Å². The molecule has 5 rings (SSSR count). The Morgan fingerprint density at radius 1 is 1.35 bits per heavy atom. The van der Waals surface area contributed by atoms with Crippen LogP contribution in [-0.2, 0) is 4.79 Å². The topological polar surface area (TPSA) is 139 Å². The van der Waals surface area contributed by atoms with Crippen molar-refractivity contribution in [2.24, 2.45) is 0 Å². The van der Waals surface area contributed by atoms with Gasteiger partial charge in [-0.25, -0.2) is 4.98 Å². The molecule has 1 aromatic carbocycles. The summed E-state index contributed by atoms with van der Waals surface area (Å²) in [6.07, 6.45) is 9.87. The van der Waals surface area contributed by atoms with Crippen LogP contribution in [0.1, 0.15) is 24.4 Å². The molecule has 1 aliphatic heterocycles. The van der Waals surface area contributed by atoms with E-state index in [-0.39, 0.29) is 18.3 Å². The fourth-order valence-electron chi connectivity index (χ4n) is 4.08. The van der Waals surface area contributed by atoms with Crippen LogP contribution in [0, 0.1) is 0 Å². The van der Waals surface area contributed by atoms with Crippen LogP contribution >= 0.6 is 11.5 Å². The summed E-state index contributed by atoms with van der Waals surface area (Å²) < 4.78 is 11.2. The zero-order valence-electron chi connectivity index (χ0n) is 18.2. The van der Waals surface area contributed by atoms with Gasteiger partial charge in [0, 0.05) is 59.4 Å². The first-order chi connectivity index (χ1) is 16.6. The van der Waals surface area contributed by atoms with Gasteiger partial charge in [-0.15, -0.1) is 0 Å². The Labute approximate surface area is 198 Å². The third-order valence-corrected chi connectivity index (χ3v) is 6.49. The summed E-state index contributed by atoms with van der Waals surface area (Å²) in [5, 5.41) is 23.9. The summed E-state index contributed by atoms with van der Waals surface area (Å²) >= 11 is 1.45. The summed E-state index contributed by atoms with van der Waals surface area (Å²) in [4.78, 5) is 23.7. The smallest absolute Gasteiger partial charge is 0.305 e. The van der Waals surface area contributed by atoms with E-state index in [0.717, 1.165) is 38.4 Å². The van der Waals surface area contributed by atoms with E-state index in [0.29, 0.717) is 25.6 Å². The molecule has 10 nitrogen and oxygen atoms in total. The number of anilines is 1. The quantitative estimate of drug-likeness (QED) is 0.217. The maximum atomic E-state index is 11.7. The highest BCUT2D eigenvalue weighted by molar-refractivity contribution is 7.03. The lowest BCUT2D eigenvalue weighted by Crippen LogP contribution is -2.35. The van der Waals surface area contributed by atoms with Crippen molar-refractivity contribution in [2.75, 3.05) is 25.0 Å². The average molecular weight is 481 g/mol. The van der Waals surface area contributed by atoms with Crippen LogP contribution in [0.15, 0.2) is 36.8 Å². The monoisotopic (exact) mass is 480 g/mol. The number of rotatable bonds is 10. The van der Waals surface area contributed by atoms with Gasteiger partial charge in [0.1, 0.15) is 5.75 Å².